The van der Waals surface area contributed by atoms with E-state index >= 15 is 0 Å². The Labute approximate surface area is 76.2 Å². The molecule has 0 spiro atoms. The van der Waals surface area contributed by atoms with Crippen LogP contribution in [0.25, 0.3) is 0 Å². The zero-order valence-electron chi connectivity index (χ0n) is 7.38. The van der Waals surface area contributed by atoms with Crippen LogP contribution >= 0.6 is 11.8 Å². The molecule has 1 aromatic rings. The molecule has 1 rings (SSSR count). The summed E-state index contributed by atoms with van der Waals surface area (Å²) in [6.45, 7) is 3.56. The van der Waals surface area contributed by atoms with Gasteiger partial charge in [-0.15, -0.1) is 11.8 Å². The van der Waals surface area contributed by atoms with Crippen LogP contribution in [0, 0.1) is 13.8 Å². The summed E-state index contributed by atoms with van der Waals surface area (Å²) in [7, 11) is 0. The molecule has 12 heavy (non-hydrogen) atoms. The third-order valence-electron chi connectivity index (χ3n) is 1.87. The maximum Gasteiger partial charge on any atom is 0.132 e. The van der Waals surface area contributed by atoms with Gasteiger partial charge < -0.3 is 10.2 Å². The number of rotatable bonds is 1. The molecular weight excluding hydrogens is 172 g/mol. The fourth-order valence-corrected chi connectivity index (χ4v) is 1.87. The van der Waals surface area contributed by atoms with Gasteiger partial charge in [0.25, 0.3) is 0 Å². The third-order valence-corrected chi connectivity index (χ3v) is 2.78. The highest BCUT2D eigenvalue weighted by atomic mass is 32.2. The first kappa shape index (κ1) is 9.26. The van der Waals surface area contributed by atoms with Crippen molar-refractivity contribution in [2.45, 2.75) is 18.7 Å². The molecule has 66 valence electrons. The summed E-state index contributed by atoms with van der Waals surface area (Å²) in [5.74, 6) is 0.521. The van der Waals surface area contributed by atoms with Crippen molar-refractivity contribution in [1.29, 1.82) is 0 Å². The largest absolute Gasteiger partial charge is 0.508 e. The zero-order chi connectivity index (χ0) is 9.30. The molecule has 3 heteroatoms. The van der Waals surface area contributed by atoms with Crippen molar-refractivity contribution in [2.75, 3.05) is 6.26 Å². The van der Waals surface area contributed by atoms with Gasteiger partial charge in [-0.3, -0.25) is 0 Å². The molecule has 0 aliphatic heterocycles. The van der Waals surface area contributed by atoms with Gasteiger partial charge in [-0.25, -0.2) is 0 Å². The lowest BCUT2D eigenvalue weighted by Gasteiger charge is -2.09. The summed E-state index contributed by atoms with van der Waals surface area (Å²) in [6.07, 6.45) is 1.88. The van der Waals surface area contributed by atoms with Crippen molar-refractivity contribution in [1.82, 2.24) is 0 Å². The molecule has 0 saturated heterocycles. The van der Waals surface area contributed by atoms with Crippen molar-refractivity contribution >= 4 is 11.8 Å². The monoisotopic (exact) mass is 184 g/mol. The fraction of sp³-hybridized carbons (Fsp3) is 0.333. The van der Waals surface area contributed by atoms with E-state index in [9.17, 15) is 10.2 Å². The number of aromatic hydroxyl groups is 2. The quantitative estimate of drug-likeness (QED) is 0.520. The van der Waals surface area contributed by atoms with Gasteiger partial charge in [0.1, 0.15) is 11.5 Å². The summed E-state index contributed by atoms with van der Waals surface area (Å²) in [6, 6.07) is 1.57. The fourth-order valence-electron chi connectivity index (χ4n) is 1.10. The smallest absolute Gasteiger partial charge is 0.132 e. The predicted octanol–water partition coefficient (Wildman–Crippen LogP) is 2.44. The van der Waals surface area contributed by atoms with Crippen LogP contribution in [-0.4, -0.2) is 16.5 Å². The number of benzene rings is 1. The molecule has 0 unspecified atom stereocenters. The van der Waals surface area contributed by atoms with E-state index in [4.69, 9.17) is 0 Å². The van der Waals surface area contributed by atoms with Crippen LogP contribution in [0.4, 0.5) is 0 Å². The number of aryl methyl sites for hydroxylation is 1. The Bertz CT molecular complexity index is 282. The lowest BCUT2D eigenvalue weighted by atomic mass is 10.1. The highest BCUT2D eigenvalue weighted by molar-refractivity contribution is 7.98. The summed E-state index contributed by atoms with van der Waals surface area (Å²) in [5.41, 5.74) is 1.45. The third kappa shape index (κ3) is 1.37. The first-order valence-corrected chi connectivity index (χ1v) is 4.86. The molecule has 0 aromatic heterocycles. The van der Waals surface area contributed by atoms with E-state index in [1.165, 1.54) is 11.8 Å². The van der Waals surface area contributed by atoms with E-state index in [1.807, 2.05) is 6.26 Å². The van der Waals surface area contributed by atoms with Crippen LogP contribution in [0.2, 0.25) is 0 Å². The summed E-state index contributed by atoms with van der Waals surface area (Å²) >= 11 is 1.44. The molecule has 0 aliphatic rings. The normalized spacial score (nSPS) is 10.2. The van der Waals surface area contributed by atoms with Gasteiger partial charge in [0.2, 0.25) is 0 Å². The highest BCUT2D eigenvalue weighted by Crippen LogP contribution is 2.37. The molecule has 2 N–H and O–H groups in total. The zero-order valence-corrected chi connectivity index (χ0v) is 8.20. The molecule has 0 radical (unpaired) electrons. The van der Waals surface area contributed by atoms with Crippen molar-refractivity contribution < 1.29 is 10.2 Å². The van der Waals surface area contributed by atoms with Crippen molar-refractivity contribution in [2.24, 2.45) is 0 Å². The maximum atomic E-state index is 9.57. The van der Waals surface area contributed by atoms with E-state index in [-0.39, 0.29) is 11.5 Å². The Hall–Kier alpha value is -0.830. The summed E-state index contributed by atoms with van der Waals surface area (Å²) in [5, 5.41) is 19.0. The maximum absolute atomic E-state index is 9.57. The van der Waals surface area contributed by atoms with Gasteiger partial charge >= 0.3 is 0 Å². The minimum Gasteiger partial charge on any atom is -0.508 e. The second kappa shape index (κ2) is 3.27. The molecule has 0 amide bonds. The first-order valence-electron chi connectivity index (χ1n) is 3.64. The van der Waals surface area contributed by atoms with Gasteiger partial charge in [0.15, 0.2) is 0 Å². The Morgan fingerprint density at radius 3 is 2.33 bits per heavy atom. The SMILES string of the molecule is CSc1c(C)c(O)cc(C)c1O. The Kier molecular flexibility index (Phi) is 2.52. The molecule has 1 aromatic carbocycles. The van der Waals surface area contributed by atoms with Gasteiger partial charge in [0.05, 0.1) is 4.90 Å². The van der Waals surface area contributed by atoms with E-state index in [0.717, 1.165) is 10.5 Å². The molecule has 0 saturated carbocycles. The Morgan fingerprint density at radius 1 is 1.25 bits per heavy atom. The van der Waals surface area contributed by atoms with Crippen molar-refractivity contribution in [3.05, 3.63) is 17.2 Å². The molecule has 0 heterocycles. The van der Waals surface area contributed by atoms with Crippen LogP contribution in [0.5, 0.6) is 11.5 Å². The van der Waals surface area contributed by atoms with Crippen LogP contribution in [0.3, 0.4) is 0 Å². The van der Waals surface area contributed by atoms with Crippen molar-refractivity contribution in [3.8, 4) is 11.5 Å². The van der Waals surface area contributed by atoms with Crippen LogP contribution in [0.1, 0.15) is 11.1 Å². The van der Waals surface area contributed by atoms with Crippen molar-refractivity contribution in [3.63, 3.8) is 0 Å². The number of phenols is 2. The number of thioether (sulfide) groups is 1. The standard InChI is InChI=1S/C9H12O2S/c1-5-4-7(10)6(2)9(12-3)8(5)11/h4,10-11H,1-3H3. The van der Waals surface area contributed by atoms with Crippen LogP contribution in [-0.2, 0) is 0 Å². The van der Waals surface area contributed by atoms with E-state index in [1.54, 1.807) is 19.9 Å². The lowest BCUT2D eigenvalue weighted by molar-refractivity contribution is 0.441. The Morgan fingerprint density at radius 2 is 1.83 bits per heavy atom. The highest BCUT2D eigenvalue weighted by Gasteiger charge is 2.10. The van der Waals surface area contributed by atoms with E-state index < -0.39 is 0 Å². The minimum atomic E-state index is 0.245. The van der Waals surface area contributed by atoms with Gasteiger partial charge in [0, 0.05) is 5.56 Å². The minimum absolute atomic E-state index is 0.245. The van der Waals surface area contributed by atoms with Gasteiger partial charge in [-0.1, -0.05) is 0 Å². The van der Waals surface area contributed by atoms with Gasteiger partial charge in [-0.05, 0) is 31.7 Å². The second-order valence-corrected chi connectivity index (χ2v) is 3.54. The number of phenolic OH excluding ortho intramolecular Hbond substituents is 2. The second-order valence-electron chi connectivity index (χ2n) is 2.72. The topological polar surface area (TPSA) is 40.5 Å². The number of hydrogen-bond acceptors (Lipinski definition) is 3. The van der Waals surface area contributed by atoms with E-state index in [2.05, 4.69) is 0 Å². The van der Waals surface area contributed by atoms with E-state index in [0.29, 0.717) is 5.56 Å². The average Bonchev–Trinajstić information content (AvgIpc) is 2.02. The van der Waals surface area contributed by atoms with Gasteiger partial charge in [-0.2, -0.15) is 0 Å². The molecule has 0 aliphatic carbocycles. The first-order chi connectivity index (χ1) is 5.57. The summed E-state index contributed by atoms with van der Waals surface area (Å²) < 4.78 is 0. The molecule has 0 atom stereocenters. The molecule has 2 nitrogen and oxygen atoms in total. The van der Waals surface area contributed by atoms with Crippen LogP contribution in [0.15, 0.2) is 11.0 Å². The van der Waals surface area contributed by atoms with Crippen LogP contribution < -0.4 is 0 Å². The number of hydrogen-bond donors (Lipinski definition) is 2. The average molecular weight is 184 g/mol. The summed E-state index contributed by atoms with van der Waals surface area (Å²) in [4.78, 5) is 0.757. The lowest BCUT2D eigenvalue weighted by Crippen LogP contribution is -1.85. The Balaban J connectivity index is 3.42. The predicted molar refractivity (Wildman–Crippen MR) is 51.0 cm³/mol. The molecular formula is C9H12O2S. The molecule has 0 bridgehead atoms. The molecule has 0 fully saturated rings.